The van der Waals surface area contributed by atoms with Gasteiger partial charge in [0.05, 0.1) is 0 Å². The maximum absolute atomic E-state index is 12.5. The van der Waals surface area contributed by atoms with E-state index in [1.165, 1.54) is 0 Å². The maximum Gasteiger partial charge on any atom is 0.170 e. The Labute approximate surface area is 97.1 Å². The first-order valence-corrected chi connectivity index (χ1v) is 6.09. The Morgan fingerprint density at radius 1 is 1.38 bits per heavy atom. The largest absolute Gasteiger partial charge is 0.316 e. The molecule has 0 bridgehead atoms. The van der Waals surface area contributed by atoms with E-state index in [9.17, 15) is 4.79 Å². The van der Waals surface area contributed by atoms with Crippen LogP contribution in [0.5, 0.6) is 0 Å². The second-order valence-electron chi connectivity index (χ2n) is 4.61. The average molecular weight is 217 g/mol. The van der Waals surface area contributed by atoms with Gasteiger partial charge >= 0.3 is 0 Å². The Morgan fingerprint density at radius 2 is 2.12 bits per heavy atom. The van der Waals surface area contributed by atoms with E-state index in [0.717, 1.165) is 37.9 Å². The lowest BCUT2D eigenvalue weighted by Crippen LogP contribution is -2.45. The van der Waals surface area contributed by atoms with Crippen molar-refractivity contribution in [2.24, 2.45) is 5.41 Å². The number of carbonyl (C=O) groups excluding carboxylic acids is 1. The van der Waals surface area contributed by atoms with Crippen LogP contribution in [-0.4, -0.2) is 18.9 Å². The van der Waals surface area contributed by atoms with Gasteiger partial charge in [0.1, 0.15) is 0 Å². The van der Waals surface area contributed by atoms with Gasteiger partial charge in [0.25, 0.3) is 0 Å². The van der Waals surface area contributed by atoms with Crippen LogP contribution in [0, 0.1) is 5.41 Å². The highest BCUT2D eigenvalue weighted by Gasteiger charge is 2.37. The Morgan fingerprint density at radius 3 is 2.69 bits per heavy atom. The standard InChI is InChI=1S/C14H19NO/c1-2-14(9-6-10-15-11-14)13(16)12-7-4-3-5-8-12/h3-5,7-8,15H,2,6,9-11H2,1H3. The zero-order valence-corrected chi connectivity index (χ0v) is 9.83. The zero-order chi connectivity index (χ0) is 11.4. The summed E-state index contributed by atoms with van der Waals surface area (Å²) in [5.74, 6) is 0.308. The van der Waals surface area contributed by atoms with Gasteiger partial charge < -0.3 is 5.32 Å². The van der Waals surface area contributed by atoms with Crippen molar-refractivity contribution in [3.63, 3.8) is 0 Å². The minimum atomic E-state index is -0.167. The van der Waals surface area contributed by atoms with Crippen molar-refractivity contribution in [3.05, 3.63) is 35.9 Å². The maximum atomic E-state index is 12.5. The molecule has 0 amide bonds. The second kappa shape index (κ2) is 4.79. The molecule has 1 atom stereocenters. The number of ketones is 1. The van der Waals surface area contributed by atoms with E-state index >= 15 is 0 Å². The van der Waals surface area contributed by atoms with Gasteiger partial charge in [0.2, 0.25) is 0 Å². The van der Waals surface area contributed by atoms with E-state index in [2.05, 4.69) is 12.2 Å². The second-order valence-corrected chi connectivity index (χ2v) is 4.61. The van der Waals surface area contributed by atoms with Gasteiger partial charge in [0.15, 0.2) is 5.78 Å². The normalized spacial score (nSPS) is 25.3. The first kappa shape index (κ1) is 11.3. The Hall–Kier alpha value is -1.15. The lowest BCUT2D eigenvalue weighted by Gasteiger charge is -2.35. The molecule has 0 saturated carbocycles. The van der Waals surface area contributed by atoms with E-state index in [-0.39, 0.29) is 5.41 Å². The smallest absolute Gasteiger partial charge is 0.170 e. The molecule has 1 fully saturated rings. The molecule has 2 nitrogen and oxygen atoms in total. The molecule has 0 spiro atoms. The molecule has 1 N–H and O–H groups in total. The third kappa shape index (κ3) is 2.03. The summed E-state index contributed by atoms with van der Waals surface area (Å²) < 4.78 is 0. The number of piperidine rings is 1. The first-order valence-electron chi connectivity index (χ1n) is 6.09. The monoisotopic (exact) mass is 217 g/mol. The van der Waals surface area contributed by atoms with Crippen molar-refractivity contribution >= 4 is 5.78 Å². The summed E-state index contributed by atoms with van der Waals surface area (Å²) in [6.07, 6.45) is 3.05. The summed E-state index contributed by atoms with van der Waals surface area (Å²) in [5.41, 5.74) is 0.688. The van der Waals surface area contributed by atoms with Crippen molar-refractivity contribution in [2.45, 2.75) is 26.2 Å². The molecule has 2 rings (SSSR count). The molecule has 1 unspecified atom stereocenters. The molecule has 1 aliphatic rings. The van der Waals surface area contributed by atoms with Crippen molar-refractivity contribution in [1.29, 1.82) is 0 Å². The number of nitrogens with one attached hydrogen (secondary N) is 1. The molecule has 86 valence electrons. The summed E-state index contributed by atoms with van der Waals surface area (Å²) in [5, 5.41) is 3.36. The minimum absolute atomic E-state index is 0.167. The van der Waals surface area contributed by atoms with Gasteiger partial charge in [0, 0.05) is 17.5 Å². The lowest BCUT2D eigenvalue weighted by atomic mass is 9.73. The van der Waals surface area contributed by atoms with E-state index in [0.29, 0.717) is 5.78 Å². The fraction of sp³-hybridized carbons (Fsp3) is 0.500. The lowest BCUT2D eigenvalue weighted by molar-refractivity contribution is 0.0730. The minimum Gasteiger partial charge on any atom is -0.316 e. The predicted molar refractivity (Wildman–Crippen MR) is 65.6 cm³/mol. The van der Waals surface area contributed by atoms with Crippen LogP contribution in [0.15, 0.2) is 30.3 Å². The van der Waals surface area contributed by atoms with Crippen molar-refractivity contribution < 1.29 is 4.79 Å². The van der Waals surface area contributed by atoms with Gasteiger partial charge in [-0.05, 0) is 25.8 Å². The molecule has 2 heteroatoms. The van der Waals surface area contributed by atoms with Gasteiger partial charge in [-0.15, -0.1) is 0 Å². The summed E-state index contributed by atoms with van der Waals surface area (Å²) in [4.78, 5) is 12.5. The van der Waals surface area contributed by atoms with Crippen molar-refractivity contribution in [1.82, 2.24) is 5.32 Å². The van der Waals surface area contributed by atoms with Crippen molar-refractivity contribution in [2.75, 3.05) is 13.1 Å². The average Bonchev–Trinajstić information content (AvgIpc) is 2.39. The van der Waals surface area contributed by atoms with Crippen LogP contribution in [0.4, 0.5) is 0 Å². The summed E-state index contributed by atoms with van der Waals surface area (Å²) >= 11 is 0. The molecule has 1 aliphatic heterocycles. The summed E-state index contributed by atoms with van der Waals surface area (Å²) in [6.45, 7) is 3.99. The fourth-order valence-electron chi connectivity index (χ4n) is 2.52. The Bertz CT molecular complexity index is 352. The van der Waals surface area contributed by atoms with Gasteiger partial charge in [-0.25, -0.2) is 0 Å². The molecule has 16 heavy (non-hydrogen) atoms. The van der Waals surface area contributed by atoms with Crippen LogP contribution in [-0.2, 0) is 0 Å². The highest BCUT2D eigenvalue weighted by atomic mass is 16.1. The van der Waals surface area contributed by atoms with Crippen LogP contribution >= 0.6 is 0 Å². The van der Waals surface area contributed by atoms with Gasteiger partial charge in [-0.2, -0.15) is 0 Å². The summed E-state index contributed by atoms with van der Waals surface area (Å²) in [6, 6.07) is 9.68. The van der Waals surface area contributed by atoms with Crippen LogP contribution in [0.25, 0.3) is 0 Å². The van der Waals surface area contributed by atoms with Crippen LogP contribution in [0.3, 0.4) is 0 Å². The number of benzene rings is 1. The summed E-state index contributed by atoms with van der Waals surface area (Å²) in [7, 11) is 0. The first-order chi connectivity index (χ1) is 7.78. The molecule has 1 aromatic rings. The number of hydrogen-bond acceptors (Lipinski definition) is 2. The number of Topliss-reactive ketones (excluding diaryl/α,β-unsaturated/α-hetero) is 1. The molecule has 1 heterocycles. The molecule has 1 aromatic carbocycles. The Kier molecular flexibility index (Phi) is 3.39. The SMILES string of the molecule is CCC1(C(=O)c2ccccc2)CCCNC1. The number of carbonyl (C=O) groups is 1. The molecule has 0 aliphatic carbocycles. The van der Waals surface area contributed by atoms with Crippen LogP contribution < -0.4 is 5.32 Å². The fourth-order valence-corrected chi connectivity index (χ4v) is 2.52. The molecule has 1 saturated heterocycles. The van der Waals surface area contributed by atoms with Gasteiger partial charge in [-0.3, -0.25) is 4.79 Å². The number of rotatable bonds is 3. The predicted octanol–water partition coefficient (Wildman–Crippen LogP) is 2.65. The molecule has 0 aromatic heterocycles. The molecule has 0 radical (unpaired) electrons. The van der Waals surface area contributed by atoms with Crippen molar-refractivity contribution in [3.8, 4) is 0 Å². The van der Waals surface area contributed by atoms with E-state index in [1.807, 2.05) is 30.3 Å². The highest BCUT2D eigenvalue weighted by Crippen LogP contribution is 2.33. The van der Waals surface area contributed by atoms with Crippen LogP contribution in [0.1, 0.15) is 36.5 Å². The zero-order valence-electron chi connectivity index (χ0n) is 9.83. The topological polar surface area (TPSA) is 29.1 Å². The third-order valence-electron chi connectivity index (χ3n) is 3.67. The highest BCUT2D eigenvalue weighted by molar-refractivity contribution is 6.00. The van der Waals surface area contributed by atoms with E-state index in [1.54, 1.807) is 0 Å². The van der Waals surface area contributed by atoms with E-state index in [4.69, 9.17) is 0 Å². The molecular weight excluding hydrogens is 198 g/mol. The van der Waals surface area contributed by atoms with Gasteiger partial charge in [-0.1, -0.05) is 37.3 Å². The quantitative estimate of drug-likeness (QED) is 0.789. The third-order valence-corrected chi connectivity index (χ3v) is 3.67. The Balaban J connectivity index is 2.24. The molecular formula is C14H19NO. The number of hydrogen-bond donors (Lipinski definition) is 1. The van der Waals surface area contributed by atoms with Crippen LogP contribution in [0.2, 0.25) is 0 Å². The van der Waals surface area contributed by atoms with E-state index < -0.39 is 0 Å².